The number of anilines is 1. The Hall–Kier alpha value is -3.07. The molecular weight excluding hydrogens is 403 g/mol. The molecule has 29 heavy (non-hydrogen) atoms. The van der Waals surface area contributed by atoms with Crippen molar-refractivity contribution >= 4 is 23.5 Å². The summed E-state index contributed by atoms with van der Waals surface area (Å²) in [5.74, 6) is -3.76. The molecule has 148 valence electrons. The molecular formula is C20H14F3N3O2S. The molecule has 0 aliphatic carbocycles. The van der Waals surface area contributed by atoms with E-state index in [4.69, 9.17) is 0 Å². The van der Waals surface area contributed by atoms with Crippen molar-refractivity contribution in [3.05, 3.63) is 87.0 Å². The molecule has 0 saturated heterocycles. The summed E-state index contributed by atoms with van der Waals surface area (Å²) in [4.78, 5) is 31.6. The largest absolute Gasteiger partial charge is 0.310 e. The zero-order valence-electron chi connectivity index (χ0n) is 14.8. The number of carbonyl (C=O) groups is 1. The van der Waals surface area contributed by atoms with Crippen LogP contribution in [0.5, 0.6) is 0 Å². The molecule has 2 heterocycles. The number of hydrogen-bond acceptors (Lipinski definition) is 4. The number of benzene rings is 2. The lowest BCUT2D eigenvalue weighted by Crippen LogP contribution is -2.31. The third kappa shape index (κ3) is 3.77. The van der Waals surface area contributed by atoms with Crippen LogP contribution in [-0.2, 0) is 10.5 Å². The number of carbonyl (C=O) groups excluding carboxylic acids is 1. The highest BCUT2D eigenvalue weighted by atomic mass is 32.2. The summed E-state index contributed by atoms with van der Waals surface area (Å²) < 4.78 is 41.7. The minimum absolute atomic E-state index is 0.00491. The number of aromatic amines is 1. The van der Waals surface area contributed by atoms with Crippen molar-refractivity contribution in [1.82, 2.24) is 9.97 Å². The summed E-state index contributed by atoms with van der Waals surface area (Å²) in [6.45, 7) is 0. The van der Waals surface area contributed by atoms with Crippen LogP contribution in [0, 0.1) is 17.5 Å². The smallest absolute Gasteiger partial charge is 0.257 e. The van der Waals surface area contributed by atoms with Gasteiger partial charge in [0.2, 0.25) is 5.91 Å². The van der Waals surface area contributed by atoms with Crippen molar-refractivity contribution in [2.24, 2.45) is 0 Å². The van der Waals surface area contributed by atoms with E-state index in [1.165, 1.54) is 18.2 Å². The van der Waals surface area contributed by atoms with E-state index in [-0.39, 0.29) is 40.1 Å². The average molecular weight is 417 g/mol. The molecule has 1 amide bonds. The normalized spacial score (nSPS) is 15.7. The molecule has 9 heteroatoms. The first kappa shape index (κ1) is 19.3. The minimum Gasteiger partial charge on any atom is -0.310 e. The molecule has 1 aromatic heterocycles. The van der Waals surface area contributed by atoms with Gasteiger partial charge >= 0.3 is 0 Å². The second kappa shape index (κ2) is 7.75. The van der Waals surface area contributed by atoms with Gasteiger partial charge in [-0.3, -0.25) is 9.59 Å². The molecule has 1 aliphatic rings. The predicted molar refractivity (Wildman–Crippen MR) is 102 cm³/mol. The molecule has 0 bridgehead atoms. The van der Waals surface area contributed by atoms with Crippen molar-refractivity contribution < 1.29 is 18.0 Å². The second-order valence-corrected chi connectivity index (χ2v) is 7.43. The molecule has 0 fully saturated rings. The van der Waals surface area contributed by atoms with Crippen LogP contribution in [-0.4, -0.2) is 15.9 Å². The van der Waals surface area contributed by atoms with Crippen LogP contribution >= 0.6 is 11.8 Å². The molecule has 2 N–H and O–H groups in total. The number of halogens is 3. The lowest BCUT2D eigenvalue weighted by Gasteiger charge is -2.24. The lowest BCUT2D eigenvalue weighted by atomic mass is 9.86. The van der Waals surface area contributed by atoms with Gasteiger partial charge in [-0.15, -0.1) is 0 Å². The summed E-state index contributed by atoms with van der Waals surface area (Å²) >= 11 is 1.09. The lowest BCUT2D eigenvalue weighted by molar-refractivity contribution is -0.116. The maximum Gasteiger partial charge on any atom is 0.257 e. The maximum atomic E-state index is 14.3. The van der Waals surface area contributed by atoms with Crippen molar-refractivity contribution in [2.45, 2.75) is 23.2 Å². The van der Waals surface area contributed by atoms with Gasteiger partial charge in [-0.1, -0.05) is 42.1 Å². The molecule has 5 nitrogen and oxygen atoms in total. The van der Waals surface area contributed by atoms with Crippen molar-refractivity contribution in [2.75, 3.05) is 5.32 Å². The number of hydrogen-bond donors (Lipinski definition) is 2. The first-order chi connectivity index (χ1) is 13.9. The molecule has 0 saturated carbocycles. The number of H-pyrrole nitrogens is 1. The van der Waals surface area contributed by atoms with Crippen molar-refractivity contribution in [1.29, 1.82) is 0 Å². The van der Waals surface area contributed by atoms with E-state index in [9.17, 15) is 22.8 Å². The number of nitrogens with one attached hydrogen (secondary N) is 2. The van der Waals surface area contributed by atoms with Gasteiger partial charge in [0.1, 0.15) is 11.6 Å². The zero-order chi connectivity index (χ0) is 20.5. The molecule has 0 spiro atoms. The van der Waals surface area contributed by atoms with Crippen molar-refractivity contribution in [3.8, 4) is 0 Å². The van der Waals surface area contributed by atoms with E-state index in [2.05, 4.69) is 15.3 Å². The summed E-state index contributed by atoms with van der Waals surface area (Å²) in [5.41, 5.74) is -0.161. The van der Waals surface area contributed by atoms with Crippen LogP contribution in [0.3, 0.4) is 0 Å². The number of rotatable bonds is 4. The van der Waals surface area contributed by atoms with Crippen LogP contribution in [0.25, 0.3) is 0 Å². The highest BCUT2D eigenvalue weighted by molar-refractivity contribution is 7.98. The number of thioether (sulfide) groups is 1. The quantitative estimate of drug-likeness (QED) is 0.498. The van der Waals surface area contributed by atoms with Crippen LogP contribution in [0.15, 0.2) is 52.4 Å². The topological polar surface area (TPSA) is 74.8 Å². The zero-order valence-corrected chi connectivity index (χ0v) is 15.7. The molecule has 1 aliphatic heterocycles. The van der Waals surface area contributed by atoms with Crippen molar-refractivity contribution in [3.63, 3.8) is 0 Å². The summed E-state index contributed by atoms with van der Waals surface area (Å²) in [6.07, 6.45) is -0.208. The fourth-order valence-electron chi connectivity index (χ4n) is 3.24. The Kier molecular flexibility index (Phi) is 5.14. The van der Waals surface area contributed by atoms with Crippen LogP contribution in [0.2, 0.25) is 0 Å². The van der Waals surface area contributed by atoms with Crippen LogP contribution in [0.4, 0.5) is 19.0 Å². The summed E-state index contributed by atoms with van der Waals surface area (Å²) in [6, 6.07) is 9.84. The highest BCUT2D eigenvalue weighted by Gasteiger charge is 2.33. The standard InChI is InChI=1S/C20H14F3N3O2S/c21-13-6-2-1-4-10(13)9-29-20-25-18-16(19(28)26-20)12(8-15(27)24-18)11-5-3-7-14(22)17(11)23/h1-7,12H,8-9H2,(H2,24,25,26,27,28)/t12-/m0/s1. The SMILES string of the molecule is O=C1C[C@@H](c2cccc(F)c2F)c2c(nc(SCc3ccccc3F)[nH]c2=O)N1. The number of amides is 1. The Bertz CT molecular complexity index is 1170. The van der Waals surface area contributed by atoms with Gasteiger partial charge in [-0.25, -0.2) is 18.2 Å². The third-order valence-corrected chi connectivity index (χ3v) is 5.53. The van der Waals surface area contributed by atoms with E-state index in [0.717, 1.165) is 17.8 Å². The predicted octanol–water partition coefficient (Wildman–Crippen LogP) is 3.95. The maximum absolute atomic E-state index is 14.3. The van der Waals surface area contributed by atoms with Gasteiger partial charge in [0.25, 0.3) is 5.56 Å². The molecule has 1 atom stereocenters. The Balaban J connectivity index is 1.70. The second-order valence-electron chi connectivity index (χ2n) is 6.46. The van der Waals surface area contributed by atoms with E-state index < -0.39 is 29.0 Å². The Labute approximate surface area is 167 Å². The molecule has 3 aromatic rings. The van der Waals surface area contributed by atoms with E-state index in [1.54, 1.807) is 18.2 Å². The summed E-state index contributed by atoms with van der Waals surface area (Å²) in [5, 5.41) is 2.69. The first-order valence-corrected chi connectivity index (χ1v) is 9.66. The minimum atomic E-state index is -1.10. The fraction of sp³-hybridized carbons (Fsp3) is 0.150. The highest BCUT2D eigenvalue weighted by Crippen LogP contribution is 2.36. The van der Waals surface area contributed by atoms with E-state index in [0.29, 0.717) is 5.56 Å². The van der Waals surface area contributed by atoms with Gasteiger partial charge in [-0.2, -0.15) is 0 Å². The van der Waals surface area contributed by atoms with Gasteiger partial charge in [0.05, 0.1) is 5.56 Å². The first-order valence-electron chi connectivity index (χ1n) is 8.68. The molecule has 0 unspecified atom stereocenters. The molecule has 2 aromatic carbocycles. The monoisotopic (exact) mass is 417 g/mol. The van der Waals surface area contributed by atoms with E-state index in [1.807, 2.05) is 0 Å². The third-order valence-electron chi connectivity index (χ3n) is 4.61. The number of fused-ring (bicyclic) bond motifs is 1. The Morgan fingerprint density at radius 2 is 1.79 bits per heavy atom. The average Bonchev–Trinajstić information content (AvgIpc) is 2.68. The van der Waals surface area contributed by atoms with Gasteiger partial charge in [-0.05, 0) is 23.3 Å². The fourth-order valence-corrected chi connectivity index (χ4v) is 4.08. The van der Waals surface area contributed by atoms with Crippen LogP contribution in [0.1, 0.15) is 29.0 Å². The van der Waals surface area contributed by atoms with Gasteiger partial charge < -0.3 is 10.3 Å². The van der Waals surface area contributed by atoms with Gasteiger partial charge in [0, 0.05) is 18.1 Å². The number of nitrogens with zero attached hydrogens (tertiary/aromatic N) is 1. The Morgan fingerprint density at radius 1 is 1.03 bits per heavy atom. The molecule has 4 rings (SSSR count). The number of aromatic nitrogens is 2. The Morgan fingerprint density at radius 3 is 2.59 bits per heavy atom. The van der Waals surface area contributed by atoms with Gasteiger partial charge in [0.15, 0.2) is 16.8 Å². The summed E-state index contributed by atoms with van der Waals surface area (Å²) in [7, 11) is 0. The van der Waals surface area contributed by atoms with E-state index >= 15 is 0 Å². The molecule has 0 radical (unpaired) electrons. The van der Waals surface area contributed by atoms with Crippen LogP contribution < -0.4 is 10.9 Å².